The van der Waals surface area contributed by atoms with E-state index < -0.39 is 5.91 Å². The molecule has 4 N–H and O–H groups in total. The van der Waals surface area contributed by atoms with E-state index in [4.69, 9.17) is 10.7 Å². The Kier molecular flexibility index (Phi) is 5.14. The number of hydrogen-bond acceptors (Lipinski definition) is 5. The third-order valence-electron chi connectivity index (χ3n) is 4.95. The SMILES string of the molecule is CCc1nnc(-c2c(C)[nH]c3c(C(N)=O)cccc23)nc1NCc1cccc(F)c1. The Morgan fingerprint density at radius 1 is 1.20 bits per heavy atom. The molecular formula is C22H21FN6O. The fraction of sp³-hybridized carbons (Fsp3) is 0.182. The van der Waals surface area contributed by atoms with Gasteiger partial charge in [0, 0.05) is 23.2 Å². The third kappa shape index (κ3) is 3.59. The number of aryl methyl sites for hydroxylation is 2. The lowest BCUT2D eigenvalue weighted by molar-refractivity contribution is 0.100. The second kappa shape index (κ2) is 7.90. The number of amides is 1. The smallest absolute Gasteiger partial charge is 0.250 e. The fourth-order valence-corrected chi connectivity index (χ4v) is 3.51. The summed E-state index contributed by atoms with van der Waals surface area (Å²) in [5.41, 5.74) is 9.64. The molecule has 152 valence electrons. The summed E-state index contributed by atoms with van der Waals surface area (Å²) in [5, 5.41) is 12.7. The van der Waals surface area contributed by atoms with Gasteiger partial charge in [-0.05, 0) is 37.1 Å². The molecule has 0 aliphatic rings. The number of primary amides is 1. The molecule has 2 aromatic carbocycles. The van der Waals surface area contributed by atoms with E-state index in [9.17, 15) is 9.18 Å². The predicted octanol–water partition coefficient (Wildman–Crippen LogP) is 3.74. The van der Waals surface area contributed by atoms with Gasteiger partial charge in [0.15, 0.2) is 11.6 Å². The van der Waals surface area contributed by atoms with Crippen molar-refractivity contribution in [2.75, 3.05) is 5.32 Å². The number of aromatic nitrogens is 4. The molecule has 0 unspecified atom stereocenters. The van der Waals surface area contributed by atoms with E-state index in [0.29, 0.717) is 41.4 Å². The number of H-pyrrole nitrogens is 1. The first kappa shape index (κ1) is 19.5. The fourth-order valence-electron chi connectivity index (χ4n) is 3.51. The zero-order valence-corrected chi connectivity index (χ0v) is 16.7. The monoisotopic (exact) mass is 404 g/mol. The van der Waals surface area contributed by atoms with E-state index in [1.54, 1.807) is 18.2 Å². The summed E-state index contributed by atoms with van der Waals surface area (Å²) in [5.74, 6) is 0.225. The Hall–Kier alpha value is -3.81. The number of para-hydroxylation sites is 1. The quantitative estimate of drug-likeness (QED) is 0.453. The van der Waals surface area contributed by atoms with Crippen molar-refractivity contribution in [1.29, 1.82) is 0 Å². The molecule has 8 heteroatoms. The number of anilines is 1. The van der Waals surface area contributed by atoms with E-state index in [1.807, 2.05) is 26.0 Å². The average Bonchev–Trinajstić information content (AvgIpc) is 3.07. The number of halogens is 1. The molecular weight excluding hydrogens is 383 g/mol. The Labute approximate surface area is 172 Å². The predicted molar refractivity (Wildman–Crippen MR) is 113 cm³/mol. The van der Waals surface area contributed by atoms with Crippen LogP contribution in [-0.4, -0.2) is 26.1 Å². The van der Waals surface area contributed by atoms with Crippen molar-refractivity contribution in [3.05, 3.63) is 70.8 Å². The van der Waals surface area contributed by atoms with Crippen LogP contribution >= 0.6 is 0 Å². The molecule has 0 radical (unpaired) electrons. The first-order valence-electron chi connectivity index (χ1n) is 9.61. The van der Waals surface area contributed by atoms with Crippen LogP contribution in [0.25, 0.3) is 22.3 Å². The maximum absolute atomic E-state index is 13.5. The molecule has 1 amide bonds. The number of carbonyl (C=O) groups excluding carboxylic acids is 1. The number of hydrogen-bond donors (Lipinski definition) is 3. The summed E-state index contributed by atoms with van der Waals surface area (Å²) in [6.07, 6.45) is 0.643. The summed E-state index contributed by atoms with van der Waals surface area (Å²) < 4.78 is 13.5. The minimum atomic E-state index is -0.508. The minimum Gasteiger partial charge on any atom is -0.366 e. The molecule has 0 bridgehead atoms. The van der Waals surface area contributed by atoms with Crippen LogP contribution in [0.2, 0.25) is 0 Å². The van der Waals surface area contributed by atoms with E-state index in [1.165, 1.54) is 12.1 Å². The lowest BCUT2D eigenvalue weighted by Crippen LogP contribution is -2.11. The molecule has 2 heterocycles. The van der Waals surface area contributed by atoms with Crippen molar-refractivity contribution in [3.8, 4) is 11.4 Å². The zero-order chi connectivity index (χ0) is 21.3. The van der Waals surface area contributed by atoms with Crippen LogP contribution < -0.4 is 11.1 Å². The third-order valence-corrected chi connectivity index (χ3v) is 4.95. The summed E-state index contributed by atoms with van der Waals surface area (Å²) in [7, 11) is 0. The Balaban J connectivity index is 1.75. The lowest BCUT2D eigenvalue weighted by Gasteiger charge is -2.11. The van der Waals surface area contributed by atoms with Gasteiger partial charge in [0.2, 0.25) is 0 Å². The molecule has 0 spiro atoms. The highest BCUT2D eigenvalue weighted by Gasteiger charge is 2.19. The van der Waals surface area contributed by atoms with Crippen LogP contribution in [0, 0.1) is 12.7 Å². The standard InChI is InChI=1S/C22H21FN6O/c1-3-17-21(25-11-13-6-4-7-14(23)10-13)27-22(29-28-17)18-12(2)26-19-15(18)8-5-9-16(19)20(24)30/h4-10,26H,3,11H2,1-2H3,(H2,24,30)(H,25,27,29). The van der Waals surface area contributed by atoms with Gasteiger partial charge < -0.3 is 16.0 Å². The normalized spacial score (nSPS) is 11.0. The second-order valence-electron chi connectivity index (χ2n) is 6.99. The van der Waals surface area contributed by atoms with Crippen molar-refractivity contribution < 1.29 is 9.18 Å². The number of fused-ring (bicyclic) bond motifs is 1. The van der Waals surface area contributed by atoms with Crippen LogP contribution in [0.4, 0.5) is 10.2 Å². The Morgan fingerprint density at radius 2 is 2.00 bits per heavy atom. The van der Waals surface area contributed by atoms with E-state index in [2.05, 4.69) is 20.5 Å². The van der Waals surface area contributed by atoms with Crippen LogP contribution in [0.15, 0.2) is 42.5 Å². The van der Waals surface area contributed by atoms with E-state index >= 15 is 0 Å². The highest BCUT2D eigenvalue weighted by atomic mass is 19.1. The van der Waals surface area contributed by atoms with Crippen molar-refractivity contribution in [2.45, 2.75) is 26.8 Å². The van der Waals surface area contributed by atoms with Crippen LogP contribution in [0.5, 0.6) is 0 Å². The number of nitrogens with zero attached hydrogens (tertiary/aromatic N) is 3. The zero-order valence-electron chi connectivity index (χ0n) is 16.7. The Bertz CT molecular complexity index is 1250. The minimum absolute atomic E-state index is 0.286. The van der Waals surface area contributed by atoms with Gasteiger partial charge in [-0.25, -0.2) is 9.37 Å². The molecule has 0 fully saturated rings. The summed E-state index contributed by atoms with van der Waals surface area (Å²) in [6, 6.07) is 11.7. The number of aromatic amines is 1. The van der Waals surface area contributed by atoms with Crippen LogP contribution in [0.3, 0.4) is 0 Å². The maximum Gasteiger partial charge on any atom is 0.250 e. The van der Waals surface area contributed by atoms with Gasteiger partial charge in [0.1, 0.15) is 11.5 Å². The first-order valence-corrected chi connectivity index (χ1v) is 9.61. The first-order chi connectivity index (χ1) is 14.5. The maximum atomic E-state index is 13.5. The van der Waals surface area contributed by atoms with Crippen LogP contribution in [-0.2, 0) is 13.0 Å². The number of benzene rings is 2. The molecule has 4 aromatic rings. The van der Waals surface area contributed by atoms with E-state index in [-0.39, 0.29) is 5.82 Å². The second-order valence-corrected chi connectivity index (χ2v) is 6.99. The summed E-state index contributed by atoms with van der Waals surface area (Å²) in [6.45, 7) is 4.26. The highest BCUT2D eigenvalue weighted by molar-refractivity contribution is 6.09. The number of rotatable bonds is 6. The van der Waals surface area contributed by atoms with Crippen molar-refractivity contribution in [2.24, 2.45) is 5.73 Å². The van der Waals surface area contributed by atoms with Gasteiger partial charge in [-0.3, -0.25) is 4.79 Å². The topological polar surface area (TPSA) is 110 Å². The lowest BCUT2D eigenvalue weighted by atomic mass is 10.1. The molecule has 0 aliphatic heterocycles. The molecule has 30 heavy (non-hydrogen) atoms. The number of nitrogens with two attached hydrogens (primary N) is 1. The summed E-state index contributed by atoms with van der Waals surface area (Å²) >= 11 is 0. The molecule has 2 aromatic heterocycles. The molecule has 0 atom stereocenters. The van der Waals surface area contributed by atoms with Gasteiger partial charge in [-0.15, -0.1) is 10.2 Å². The van der Waals surface area contributed by atoms with Crippen molar-refractivity contribution >= 4 is 22.6 Å². The molecule has 0 saturated carbocycles. The van der Waals surface area contributed by atoms with Crippen LogP contribution in [0.1, 0.15) is 34.2 Å². The molecule has 4 rings (SSSR count). The highest BCUT2D eigenvalue weighted by Crippen LogP contribution is 2.32. The average molecular weight is 404 g/mol. The number of nitrogens with one attached hydrogen (secondary N) is 2. The Morgan fingerprint density at radius 3 is 2.73 bits per heavy atom. The number of carbonyl (C=O) groups is 1. The van der Waals surface area contributed by atoms with Gasteiger partial charge >= 0.3 is 0 Å². The van der Waals surface area contributed by atoms with Gasteiger partial charge in [0.25, 0.3) is 5.91 Å². The molecule has 0 saturated heterocycles. The van der Waals surface area contributed by atoms with Gasteiger partial charge in [0.05, 0.1) is 11.1 Å². The molecule has 7 nitrogen and oxygen atoms in total. The summed E-state index contributed by atoms with van der Waals surface area (Å²) in [4.78, 5) is 19.7. The molecule has 0 aliphatic carbocycles. The van der Waals surface area contributed by atoms with Gasteiger partial charge in [-0.1, -0.05) is 31.2 Å². The van der Waals surface area contributed by atoms with Crippen molar-refractivity contribution in [1.82, 2.24) is 20.2 Å². The van der Waals surface area contributed by atoms with Crippen molar-refractivity contribution in [3.63, 3.8) is 0 Å². The van der Waals surface area contributed by atoms with Gasteiger partial charge in [-0.2, -0.15) is 0 Å². The largest absolute Gasteiger partial charge is 0.366 e. The van der Waals surface area contributed by atoms with E-state index in [0.717, 1.165) is 22.2 Å².